The molecule has 0 bridgehead atoms. The van der Waals surface area contributed by atoms with Crippen molar-refractivity contribution in [3.63, 3.8) is 0 Å². The van der Waals surface area contributed by atoms with Crippen molar-refractivity contribution in [2.24, 2.45) is 7.05 Å². The first-order chi connectivity index (χ1) is 17.0. The highest BCUT2D eigenvalue weighted by Crippen LogP contribution is 2.36. The van der Waals surface area contributed by atoms with Crippen LogP contribution in [0, 0.1) is 11.3 Å². The molecule has 0 saturated carbocycles. The molecule has 35 heavy (non-hydrogen) atoms. The van der Waals surface area contributed by atoms with Crippen LogP contribution in [0.2, 0.25) is 0 Å². The number of carbonyl (C=O) groups is 1. The summed E-state index contributed by atoms with van der Waals surface area (Å²) in [6, 6.07) is 14.8. The molecular formula is C24H23N9O2. The van der Waals surface area contributed by atoms with E-state index in [2.05, 4.69) is 42.1 Å². The number of hydrogen-bond donors (Lipinski definition) is 3. The van der Waals surface area contributed by atoms with Gasteiger partial charge in [-0.05, 0) is 29.8 Å². The van der Waals surface area contributed by atoms with Gasteiger partial charge in [-0.1, -0.05) is 18.2 Å². The lowest BCUT2D eigenvalue weighted by atomic mass is 10.1. The van der Waals surface area contributed by atoms with Crippen LogP contribution < -0.4 is 20.7 Å². The molecule has 0 saturated heterocycles. The Kier molecular flexibility index (Phi) is 6.83. The lowest BCUT2D eigenvalue weighted by Crippen LogP contribution is -2.20. The van der Waals surface area contributed by atoms with E-state index in [0.29, 0.717) is 40.9 Å². The molecule has 0 radical (unpaired) electrons. The normalized spacial score (nSPS) is 10.3. The fourth-order valence-electron chi connectivity index (χ4n) is 3.42. The quantitative estimate of drug-likeness (QED) is 0.355. The number of nitrogens with one attached hydrogen (secondary N) is 3. The third kappa shape index (κ3) is 5.17. The van der Waals surface area contributed by atoms with Gasteiger partial charge < -0.3 is 20.7 Å². The zero-order chi connectivity index (χ0) is 24.8. The fraction of sp³-hybridized carbons (Fsp3) is 0.167. The maximum Gasteiger partial charge on any atom is 0.256 e. The number of para-hydroxylation sites is 1. The molecule has 4 rings (SSSR count). The average molecular weight is 470 g/mol. The van der Waals surface area contributed by atoms with Gasteiger partial charge in [0.25, 0.3) is 5.91 Å². The molecule has 176 valence electrons. The van der Waals surface area contributed by atoms with Crippen LogP contribution in [0.4, 0.5) is 17.5 Å². The molecule has 0 unspecified atom stereocenters. The van der Waals surface area contributed by atoms with Crippen molar-refractivity contribution in [2.45, 2.75) is 6.54 Å². The lowest BCUT2D eigenvalue weighted by molar-refractivity contribution is 0.0963. The maximum atomic E-state index is 12.5. The maximum absolute atomic E-state index is 12.5. The SMILES string of the molecule is CNC(=O)c1cnc(NCc2cccc(C#N)c2)nc1Nc1cccc(-c2ncn(C)n2)c1OC. The number of nitrogens with zero attached hydrogens (tertiary/aromatic N) is 6. The Morgan fingerprint density at radius 2 is 2.03 bits per heavy atom. The first kappa shape index (κ1) is 23.2. The number of hydrogen-bond acceptors (Lipinski definition) is 9. The second-order valence-corrected chi connectivity index (χ2v) is 7.45. The third-order valence-electron chi connectivity index (χ3n) is 5.08. The molecular weight excluding hydrogens is 446 g/mol. The van der Waals surface area contributed by atoms with E-state index in [0.717, 1.165) is 5.56 Å². The van der Waals surface area contributed by atoms with Crippen LogP contribution in [0.5, 0.6) is 5.75 Å². The number of nitriles is 1. The van der Waals surface area contributed by atoms with Gasteiger partial charge in [-0.25, -0.2) is 9.97 Å². The highest BCUT2D eigenvalue weighted by Gasteiger charge is 2.18. The second-order valence-electron chi connectivity index (χ2n) is 7.45. The van der Waals surface area contributed by atoms with Crippen molar-refractivity contribution in [1.82, 2.24) is 30.0 Å². The van der Waals surface area contributed by atoms with Gasteiger partial charge in [0, 0.05) is 26.8 Å². The van der Waals surface area contributed by atoms with Crippen LogP contribution in [0.25, 0.3) is 11.4 Å². The van der Waals surface area contributed by atoms with Crippen LogP contribution in [-0.2, 0) is 13.6 Å². The Bertz CT molecular complexity index is 1410. The molecule has 11 heteroatoms. The molecule has 2 heterocycles. The van der Waals surface area contributed by atoms with Crippen molar-refractivity contribution >= 4 is 23.4 Å². The Morgan fingerprint density at radius 3 is 2.74 bits per heavy atom. The largest absolute Gasteiger partial charge is 0.494 e. The number of ether oxygens (including phenoxy) is 1. The van der Waals surface area contributed by atoms with Crippen LogP contribution in [0.15, 0.2) is 55.0 Å². The molecule has 4 aromatic rings. The average Bonchev–Trinajstić information content (AvgIpc) is 3.33. The summed E-state index contributed by atoms with van der Waals surface area (Å²) < 4.78 is 7.26. The zero-order valence-corrected chi connectivity index (χ0v) is 19.4. The van der Waals surface area contributed by atoms with Crippen LogP contribution in [-0.4, -0.2) is 44.8 Å². The number of amides is 1. The smallest absolute Gasteiger partial charge is 0.256 e. The molecule has 0 fully saturated rings. The summed E-state index contributed by atoms with van der Waals surface area (Å²) in [7, 11) is 4.87. The van der Waals surface area contributed by atoms with Gasteiger partial charge in [0.05, 0.1) is 30.0 Å². The summed E-state index contributed by atoms with van der Waals surface area (Å²) in [5.74, 6) is 1.26. The van der Waals surface area contributed by atoms with Gasteiger partial charge in [0.15, 0.2) is 11.6 Å². The van der Waals surface area contributed by atoms with Crippen LogP contribution >= 0.6 is 0 Å². The van der Waals surface area contributed by atoms with E-state index in [1.54, 1.807) is 37.3 Å². The predicted molar refractivity (Wildman–Crippen MR) is 130 cm³/mol. The molecule has 0 aliphatic carbocycles. The molecule has 0 aliphatic rings. The van der Waals surface area contributed by atoms with E-state index >= 15 is 0 Å². The van der Waals surface area contributed by atoms with Gasteiger partial charge in [0.2, 0.25) is 5.95 Å². The number of aryl methyl sites for hydroxylation is 1. The first-order valence-electron chi connectivity index (χ1n) is 10.6. The van der Waals surface area contributed by atoms with E-state index in [-0.39, 0.29) is 17.3 Å². The van der Waals surface area contributed by atoms with Crippen LogP contribution in [0.1, 0.15) is 21.5 Å². The lowest BCUT2D eigenvalue weighted by Gasteiger charge is -2.16. The Labute approximate surface area is 201 Å². The van der Waals surface area contributed by atoms with E-state index in [4.69, 9.17) is 10.00 Å². The molecule has 3 N–H and O–H groups in total. The van der Waals surface area contributed by atoms with Crippen molar-refractivity contribution in [1.29, 1.82) is 5.26 Å². The number of aromatic nitrogens is 5. The minimum atomic E-state index is -0.345. The fourth-order valence-corrected chi connectivity index (χ4v) is 3.42. The monoisotopic (exact) mass is 469 g/mol. The first-order valence-corrected chi connectivity index (χ1v) is 10.6. The third-order valence-corrected chi connectivity index (χ3v) is 5.08. The van der Waals surface area contributed by atoms with Crippen molar-refractivity contribution in [3.8, 4) is 23.2 Å². The van der Waals surface area contributed by atoms with Crippen molar-refractivity contribution in [2.75, 3.05) is 24.8 Å². The summed E-state index contributed by atoms with van der Waals surface area (Å²) in [5.41, 5.74) is 2.98. The summed E-state index contributed by atoms with van der Waals surface area (Å²) in [6.45, 7) is 0.401. The molecule has 1 amide bonds. The summed E-state index contributed by atoms with van der Waals surface area (Å²) in [5, 5.41) is 22.4. The van der Waals surface area contributed by atoms with Gasteiger partial charge >= 0.3 is 0 Å². The summed E-state index contributed by atoms with van der Waals surface area (Å²) >= 11 is 0. The second kappa shape index (κ2) is 10.3. The minimum absolute atomic E-state index is 0.257. The van der Waals surface area contributed by atoms with E-state index in [1.807, 2.05) is 30.3 Å². The van der Waals surface area contributed by atoms with Crippen molar-refractivity contribution in [3.05, 3.63) is 71.7 Å². The summed E-state index contributed by atoms with van der Waals surface area (Å²) in [6.07, 6.45) is 3.05. The van der Waals surface area contributed by atoms with Gasteiger partial charge in [0.1, 0.15) is 17.7 Å². The molecule has 0 aliphatic heterocycles. The number of carbonyl (C=O) groups excluding carboxylic acids is 1. The molecule has 0 spiro atoms. The molecule has 2 aromatic carbocycles. The Morgan fingerprint density at radius 1 is 1.20 bits per heavy atom. The highest BCUT2D eigenvalue weighted by atomic mass is 16.5. The summed E-state index contributed by atoms with van der Waals surface area (Å²) in [4.78, 5) is 25.6. The molecule has 11 nitrogen and oxygen atoms in total. The molecule has 0 atom stereocenters. The Balaban J connectivity index is 1.66. The number of benzene rings is 2. The number of methoxy groups -OCH3 is 1. The van der Waals surface area contributed by atoms with E-state index in [1.165, 1.54) is 13.2 Å². The standard InChI is InChI=1S/C24H23N9O2/c1-26-23(34)18-13-28-24(27-12-16-7-4-6-15(10-16)11-25)31-22(18)30-19-9-5-8-17(20(19)35-3)21-29-14-33(2)32-21/h4-10,13-14H,12H2,1-3H3,(H,26,34)(H2,27,28,30,31). The number of anilines is 3. The minimum Gasteiger partial charge on any atom is -0.494 e. The number of rotatable bonds is 8. The highest BCUT2D eigenvalue weighted by molar-refractivity contribution is 5.99. The van der Waals surface area contributed by atoms with Gasteiger partial charge in [-0.3, -0.25) is 9.48 Å². The van der Waals surface area contributed by atoms with Crippen LogP contribution in [0.3, 0.4) is 0 Å². The van der Waals surface area contributed by atoms with E-state index in [9.17, 15) is 4.79 Å². The predicted octanol–water partition coefficient (Wildman–Crippen LogP) is 2.87. The molecule has 2 aromatic heterocycles. The van der Waals surface area contributed by atoms with Gasteiger partial charge in [-0.2, -0.15) is 15.3 Å². The topological polar surface area (TPSA) is 143 Å². The van der Waals surface area contributed by atoms with Gasteiger partial charge in [-0.15, -0.1) is 0 Å². The van der Waals surface area contributed by atoms with E-state index < -0.39 is 0 Å². The Hall–Kier alpha value is -4.98. The zero-order valence-electron chi connectivity index (χ0n) is 19.4. The van der Waals surface area contributed by atoms with Crippen molar-refractivity contribution < 1.29 is 9.53 Å².